The van der Waals surface area contributed by atoms with Gasteiger partial charge in [-0.15, -0.1) is 11.8 Å². The van der Waals surface area contributed by atoms with Crippen molar-refractivity contribution in [3.63, 3.8) is 0 Å². The van der Waals surface area contributed by atoms with Crippen LogP contribution in [0.1, 0.15) is 21.3 Å². The first-order chi connectivity index (χ1) is 12.0. The Morgan fingerprint density at radius 1 is 1.12 bits per heavy atom. The maximum atomic E-state index is 13.1. The molecule has 25 heavy (non-hydrogen) atoms. The Balaban J connectivity index is 1.91. The average molecular weight is 487 g/mol. The van der Waals surface area contributed by atoms with Crippen LogP contribution in [0.15, 0.2) is 45.3 Å². The van der Waals surface area contributed by atoms with Gasteiger partial charge in [0.1, 0.15) is 16.9 Å². The molecule has 1 aliphatic rings. The summed E-state index contributed by atoms with van der Waals surface area (Å²) < 4.78 is 12.2. The summed E-state index contributed by atoms with van der Waals surface area (Å²) in [7, 11) is 3.24. The van der Waals surface area contributed by atoms with Gasteiger partial charge in [0.05, 0.1) is 24.3 Å². The second-order valence-electron chi connectivity index (χ2n) is 5.46. The van der Waals surface area contributed by atoms with Gasteiger partial charge in [0.15, 0.2) is 0 Å². The van der Waals surface area contributed by atoms with Crippen molar-refractivity contribution in [3.05, 3.63) is 56.5 Å². The lowest BCUT2D eigenvalue weighted by Gasteiger charge is -2.25. The van der Waals surface area contributed by atoms with Crippen LogP contribution in [-0.4, -0.2) is 37.3 Å². The van der Waals surface area contributed by atoms with Gasteiger partial charge in [-0.1, -0.05) is 6.07 Å². The molecule has 0 bridgehead atoms. The third kappa shape index (κ3) is 3.83. The first-order valence-electron chi connectivity index (χ1n) is 7.64. The van der Waals surface area contributed by atoms with Crippen LogP contribution in [0, 0.1) is 0 Å². The summed E-state index contributed by atoms with van der Waals surface area (Å²) in [6, 6.07) is 11.4. The van der Waals surface area contributed by atoms with Gasteiger partial charge in [0, 0.05) is 16.8 Å². The molecule has 2 aromatic carbocycles. The zero-order valence-corrected chi connectivity index (χ0v) is 17.8. The van der Waals surface area contributed by atoms with E-state index in [1.807, 2.05) is 35.2 Å². The van der Waals surface area contributed by atoms with Crippen molar-refractivity contribution in [3.8, 4) is 11.5 Å². The van der Waals surface area contributed by atoms with Gasteiger partial charge in [-0.3, -0.25) is 4.79 Å². The fourth-order valence-corrected chi connectivity index (χ4v) is 4.96. The molecule has 1 fully saturated rings. The van der Waals surface area contributed by atoms with Gasteiger partial charge in [-0.2, -0.15) is 0 Å². The van der Waals surface area contributed by atoms with E-state index < -0.39 is 0 Å². The lowest BCUT2D eigenvalue weighted by molar-refractivity contribution is 0.0759. The van der Waals surface area contributed by atoms with Crippen LogP contribution in [-0.2, 0) is 0 Å². The Labute approximate surface area is 168 Å². The molecule has 3 rings (SSSR count). The van der Waals surface area contributed by atoms with Crippen LogP contribution in [0.25, 0.3) is 0 Å². The molecule has 1 heterocycles. The van der Waals surface area contributed by atoms with E-state index in [9.17, 15) is 4.79 Å². The van der Waals surface area contributed by atoms with Crippen molar-refractivity contribution in [1.29, 1.82) is 0 Å². The molecule has 4 nitrogen and oxygen atoms in total. The number of rotatable bonds is 4. The highest BCUT2D eigenvalue weighted by Crippen LogP contribution is 2.41. The standard InChI is InChI=1S/C18H17Br2NO3S/c1-23-12-4-5-14(19)13(10-12)17(22)21-7-8-25-18(21)11-3-6-16(24-2)15(20)9-11/h3-6,9-10,18H,7-8H2,1-2H3. The summed E-state index contributed by atoms with van der Waals surface area (Å²) in [6.07, 6.45) is 0. The van der Waals surface area contributed by atoms with Crippen molar-refractivity contribution in [1.82, 2.24) is 4.90 Å². The van der Waals surface area contributed by atoms with E-state index in [-0.39, 0.29) is 11.3 Å². The van der Waals surface area contributed by atoms with Crippen LogP contribution < -0.4 is 9.47 Å². The molecule has 1 unspecified atom stereocenters. The van der Waals surface area contributed by atoms with Gasteiger partial charge in [-0.05, 0) is 67.8 Å². The second-order valence-corrected chi connectivity index (χ2v) is 8.36. The van der Waals surface area contributed by atoms with Crippen LogP contribution in [0.4, 0.5) is 0 Å². The highest BCUT2D eigenvalue weighted by Gasteiger charge is 2.32. The van der Waals surface area contributed by atoms with Crippen LogP contribution in [0.3, 0.4) is 0 Å². The van der Waals surface area contributed by atoms with E-state index in [1.54, 1.807) is 32.0 Å². The molecular formula is C18H17Br2NO3S. The van der Waals surface area contributed by atoms with Crippen LogP contribution in [0.5, 0.6) is 11.5 Å². The minimum absolute atomic E-state index is 0.00674. The van der Waals surface area contributed by atoms with E-state index in [2.05, 4.69) is 31.9 Å². The zero-order valence-electron chi connectivity index (χ0n) is 13.8. The fraction of sp³-hybridized carbons (Fsp3) is 0.278. The molecule has 0 N–H and O–H groups in total. The number of amides is 1. The third-order valence-corrected chi connectivity index (χ3v) is 6.59. The Kier molecular flexibility index (Phi) is 5.96. The minimum atomic E-state index is -0.0205. The second kappa shape index (κ2) is 8.01. The number of carbonyl (C=O) groups excluding carboxylic acids is 1. The molecule has 0 aliphatic carbocycles. The molecule has 2 aromatic rings. The number of hydrogen-bond acceptors (Lipinski definition) is 4. The van der Waals surface area contributed by atoms with Crippen molar-refractivity contribution < 1.29 is 14.3 Å². The number of halogens is 2. The number of carbonyl (C=O) groups is 1. The summed E-state index contributed by atoms with van der Waals surface area (Å²) in [4.78, 5) is 15.0. The van der Waals surface area contributed by atoms with E-state index in [1.165, 1.54) is 0 Å². The predicted molar refractivity (Wildman–Crippen MR) is 108 cm³/mol. The number of benzene rings is 2. The Hall–Kier alpha value is -1.18. The van der Waals surface area contributed by atoms with Gasteiger partial charge in [-0.25, -0.2) is 0 Å². The van der Waals surface area contributed by atoms with E-state index in [0.717, 1.165) is 26.0 Å². The summed E-state index contributed by atoms with van der Waals surface area (Å²) in [5.41, 5.74) is 1.68. The summed E-state index contributed by atoms with van der Waals surface area (Å²) in [5.74, 6) is 2.34. The molecule has 0 aromatic heterocycles. The smallest absolute Gasteiger partial charge is 0.256 e. The van der Waals surface area contributed by atoms with Gasteiger partial charge < -0.3 is 14.4 Å². The third-order valence-electron chi connectivity index (χ3n) is 4.02. The maximum Gasteiger partial charge on any atom is 0.256 e. The van der Waals surface area contributed by atoms with Gasteiger partial charge >= 0.3 is 0 Å². The SMILES string of the molecule is COc1ccc(Br)c(C(=O)N2CCSC2c2ccc(OC)c(Br)c2)c1. The number of methoxy groups -OCH3 is 2. The summed E-state index contributed by atoms with van der Waals surface area (Å²) >= 11 is 8.77. The maximum absolute atomic E-state index is 13.1. The lowest BCUT2D eigenvalue weighted by Crippen LogP contribution is -2.30. The molecule has 0 radical (unpaired) electrons. The quantitative estimate of drug-likeness (QED) is 0.601. The van der Waals surface area contributed by atoms with Crippen molar-refractivity contribution in [2.45, 2.75) is 5.37 Å². The normalized spacial score (nSPS) is 16.8. The molecular weight excluding hydrogens is 470 g/mol. The van der Waals surface area contributed by atoms with Gasteiger partial charge in [0.2, 0.25) is 0 Å². The van der Waals surface area contributed by atoms with Gasteiger partial charge in [0.25, 0.3) is 5.91 Å². The van der Waals surface area contributed by atoms with E-state index in [4.69, 9.17) is 9.47 Å². The van der Waals surface area contributed by atoms with Crippen molar-refractivity contribution in [2.75, 3.05) is 26.5 Å². The van der Waals surface area contributed by atoms with Crippen molar-refractivity contribution >= 4 is 49.5 Å². The van der Waals surface area contributed by atoms with E-state index >= 15 is 0 Å². The van der Waals surface area contributed by atoms with Crippen molar-refractivity contribution in [2.24, 2.45) is 0 Å². The monoisotopic (exact) mass is 485 g/mol. The highest BCUT2D eigenvalue weighted by atomic mass is 79.9. The summed E-state index contributed by atoms with van der Waals surface area (Å²) in [5, 5.41) is -0.0205. The number of nitrogens with zero attached hydrogens (tertiary/aromatic N) is 1. The highest BCUT2D eigenvalue weighted by molar-refractivity contribution is 9.10. The lowest BCUT2D eigenvalue weighted by atomic mass is 10.1. The largest absolute Gasteiger partial charge is 0.497 e. The average Bonchev–Trinajstić information content (AvgIpc) is 3.11. The summed E-state index contributed by atoms with van der Waals surface area (Å²) in [6.45, 7) is 0.710. The Morgan fingerprint density at radius 3 is 2.60 bits per heavy atom. The number of ether oxygens (including phenoxy) is 2. The Morgan fingerprint density at radius 2 is 1.92 bits per heavy atom. The molecule has 1 atom stereocenters. The first-order valence-corrected chi connectivity index (χ1v) is 10.3. The minimum Gasteiger partial charge on any atom is -0.497 e. The number of thioether (sulfide) groups is 1. The molecule has 1 aliphatic heterocycles. The fourth-order valence-electron chi connectivity index (χ4n) is 2.74. The first kappa shape index (κ1) is 18.6. The Bertz CT molecular complexity index is 800. The number of hydrogen-bond donors (Lipinski definition) is 0. The molecule has 132 valence electrons. The van der Waals surface area contributed by atoms with Crippen LogP contribution >= 0.6 is 43.6 Å². The molecule has 7 heteroatoms. The zero-order chi connectivity index (χ0) is 18.0. The van der Waals surface area contributed by atoms with E-state index in [0.29, 0.717) is 17.9 Å². The predicted octanol–water partition coefficient (Wildman–Crippen LogP) is 5.12. The molecule has 1 amide bonds. The molecule has 1 saturated heterocycles. The molecule has 0 saturated carbocycles. The molecule has 0 spiro atoms. The van der Waals surface area contributed by atoms with Crippen LogP contribution in [0.2, 0.25) is 0 Å². The topological polar surface area (TPSA) is 38.8 Å².